The second-order valence-corrected chi connectivity index (χ2v) is 11.6. The summed E-state index contributed by atoms with van der Waals surface area (Å²) in [7, 11) is 0. The smallest absolute Gasteiger partial charge is 0.407 e. The van der Waals surface area contributed by atoms with Crippen LogP contribution in [0.2, 0.25) is 0 Å². The summed E-state index contributed by atoms with van der Waals surface area (Å²) in [4.78, 5) is 29.1. The number of alkyl carbamates (subject to hydrolysis) is 1. The van der Waals surface area contributed by atoms with Gasteiger partial charge in [-0.1, -0.05) is 54.6 Å². The summed E-state index contributed by atoms with van der Waals surface area (Å²) in [6.07, 6.45) is 2.57. The average Bonchev–Trinajstić information content (AvgIpc) is 3.09. The van der Waals surface area contributed by atoms with Crippen LogP contribution in [-0.4, -0.2) is 61.5 Å². The van der Waals surface area contributed by atoms with Crippen LogP contribution < -0.4 is 21.7 Å². The lowest BCUT2D eigenvalue weighted by Crippen LogP contribution is -2.47. The molecule has 2 amide bonds. The maximum absolute atomic E-state index is 15.3. The zero-order valence-electron chi connectivity index (χ0n) is 26.2. The van der Waals surface area contributed by atoms with E-state index in [1.54, 1.807) is 0 Å². The van der Waals surface area contributed by atoms with Crippen molar-refractivity contribution in [1.82, 2.24) is 15.6 Å². The highest BCUT2D eigenvalue weighted by Crippen LogP contribution is 2.32. The van der Waals surface area contributed by atoms with E-state index in [-0.39, 0.29) is 30.4 Å². The maximum atomic E-state index is 15.3. The number of nitrogens with two attached hydrogens (primary N) is 1. The fraction of sp³-hybridized carbons (Fsp3) is 0.306. The molecule has 0 radical (unpaired) electrons. The number of morpholine rings is 1. The quantitative estimate of drug-likeness (QED) is 0.152. The van der Waals surface area contributed by atoms with E-state index in [2.05, 4.69) is 20.9 Å². The van der Waals surface area contributed by atoms with Crippen LogP contribution in [0.1, 0.15) is 34.6 Å². The highest BCUT2D eigenvalue weighted by molar-refractivity contribution is 5.85. The van der Waals surface area contributed by atoms with Crippen molar-refractivity contribution in [2.24, 2.45) is 5.73 Å². The third kappa shape index (κ3) is 9.55. The van der Waals surface area contributed by atoms with Crippen LogP contribution in [0.5, 0.6) is 0 Å². The van der Waals surface area contributed by atoms with Crippen molar-refractivity contribution in [2.45, 2.75) is 43.4 Å². The average molecular weight is 662 g/mol. The molecule has 12 heteroatoms. The van der Waals surface area contributed by atoms with E-state index in [1.807, 2.05) is 30.3 Å². The number of rotatable bonds is 14. The minimum atomic E-state index is -1.13. The van der Waals surface area contributed by atoms with Crippen LogP contribution in [0.15, 0.2) is 91.3 Å². The first-order chi connectivity index (χ1) is 23.3. The second kappa shape index (κ2) is 16.8. The summed E-state index contributed by atoms with van der Waals surface area (Å²) in [5.74, 6) is -3.03. The molecule has 0 spiro atoms. The van der Waals surface area contributed by atoms with Crippen LogP contribution >= 0.6 is 0 Å². The molecule has 0 bridgehead atoms. The molecule has 1 aliphatic heterocycles. The number of hydrogen-bond donors (Lipinski definition) is 4. The van der Waals surface area contributed by atoms with E-state index >= 15 is 4.39 Å². The van der Waals surface area contributed by atoms with Crippen molar-refractivity contribution in [1.29, 1.82) is 0 Å². The third-order valence-electron chi connectivity index (χ3n) is 8.19. The zero-order chi connectivity index (χ0) is 33.9. The van der Waals surface area contributed by atoms with Crippen molar-refractivity contribution in [3.05, 3.63) is 131 Å². The highest BCUT2D eigenvalue weighted by Gasteiger charge is 2.31. The largest absolute Gasteiger partial charge is 0.447 e. The zero-order valence-corrected chi connectivity index (χ0v) is 26.2. The SMILES string of the molecule is NC(=O)[C@@H](Nc1cncc(F)c1CC[C@@H]1CNC[C@@H](COC(=O)NCCc2ccccc2)O1)C(c1ccc(F)cc1)c1ccc(F)cc1. The Kier molecular flexibility index (Phi) is 12.0. The van der Waals surface area contributed by atoms with Gasteiger partial charge in [0.05, 0.1) is 24.2 Å². The van der Waals surface area contributed by atoms with Crippen LogP contribution in [0.4, 0.5) is 23.7 Å². The highest BCUT2D eigenvalue weighted by atomic mass is 19.1. The van der Waals surface area contributed by atoms with Gasteiger partial charge in [-0.25, -0.2) is 18.0 Å². The van der Waals surface area contributed by atoms with Gasteiger partial charge in [0.25, 0.3) is 0 Å². The number of aromatic nitrogens is 1. The number of carbonyl (C=O) groups is 2. The van der Waals surface area contributed by atoms with Gasteiger partial charge in [0, 0.05) is 31.1 Å². The number of benzene rings is 3. The number of ether oxygens (including phenoxy) is 2. The molecule has 252 valence electrons. The van der Waals surface area contributed by atoms with Crippen LogP contribution in [-0.2, 0) is 27.1 Å². The van der Waals surface area contributed by atoms with Gasteiger partial charge in [-0.05, 0) is 60.2 Å². The predicted octanol–water partition coefficient (Wildman–Crippen LogP) is 4.86. The molecule has 0 aliphatic carbocycles. The number of nitrogens with zero attached hydrogens (tertiary/aromatic N) is 1. The summed E-state index contributed by atoms with van der Waals surface area (Å²) in [5.41, 5.74) is 8.61. The Morgan fingerprint density at radius 1 is 0.896 bits per heavy atom. The first-order valence-electron chi connectivity index (χ1n) is 15.8. The van der Waals surface area contributed by atoms with Crippen LogP contribution in [0, 0.1) is 17.5 Å². The molecule has 0 unspecified atom stereocenters. The monoisotopic (exact) mass is 661 g/mol. The molecule has 1 aromatic heterocycles. The molecule has 5 N–H and O–H groups in total. The standard InChI is InChI=1S/C36H38F3N5O4/c37-26-10-6-24(7-11-26)33(25-8-12-27(38)13-9-25)34(35(40)45)44-32-21-42-20-31(39)30(32)15-14-28-18-41-19-29(48-28)22-47-36(46)43-17-16-23-4-2-1-3-5-23/h1-13,20-21,28-29,33-34,41,44H,14-19,22H2,(H2,40,45)(H,43,46)/t28-,29+,34+/m1/s1. The number of amides is 2. The molecule has 2 heterocycles. The Morgan fingerprint density at radius 2 is 1.54 bits per heavy atom. The molecule has 5 rings (SSSR count). The van der Waals surface area contributed by atoms with Gasteiger partial charge in [0.15, 0.2) is 0 Å². The Bertz CT molecular complexity index is 1600. The molecule has 9 nitrogen and oxygen atoms in total. The van der Waals surface area contributed by atoms with E-state index in [1.165, 1.54) is 54.7 Å². The Balaban J connectivity index is 1.22. The second-order valence-electron chi connectivity index (χ2n) is 11.6. The van der Waals surface area contributed by atoms with Crippen LogP contribution in [0.3, 0.4) is 0 Å². The topological polar surface area (TPSA) is 128 Å². The van der Waals surface area contributed by atoms with Gasteiger partial charge < -0.3 is 31.2 Å². The lowest BCUT2D eigenvalue weighted by molar-refractivity contribution is -0.119. The normalized spacial score (nSPS) is 16.7. The first-order valence-corrected chi connectivity index (χ1v) is 15.8. The summed E-state index contributed by atoms with van der Waals surface area (Å²) in [5, 5.41) is 9.10. The maximum Gasteiger partial charge on any atom is 0.407 e. The molecule has 1 aliphatic rings. The fourth-order valence-corrected chi connectivity index (χ4v) is 5.76. The summed E-state index contributed by atoms with van der Waals surface area (Å²) in [6.45, 7) is 1.48. The van der Waals surface area contributed by atoms with E-state index in [9.17, 15) is 18.4 Å². The van der Waals surface area contributed by atoms with E-state index in [4.69, 9.17) is 15.2 Å². The number of carbonyl (C=O) groups excluding carboxylic acids is 2. The summed E-state index contributed by atoms with van der Waals surface area (Å²) >= 11 is 0. The lowest BCUT2D eigenvalue weighted by atomic mass is 9.84. The van der Waals surface area contributed by atoms with Crippen molar-refractivity contribution in [2.75, 3.05) is 31.6 Å². The van der Waals surface area contributed by atoms with Gasteiger partial charge >= 0.3 is 6.09 Å². The van der Waals surface area contributed by atoms with E-state index in [0.717, 1.165) is 11.8 Å². The first kappa shape index (κ1) is 34.4. The number of hydrogen-bond acceptors (Lipinski definition) is 7. The molecule has 3 atom stereocenters. The van der Waals surface area contributed by atoms with Crippen molar-refractivity contribution in [3.63, 3.8) is 0 Å². The molecule has 3 aromatic carbocycles. The number of pyridine rings is 1. The van der Waals surface area contributed by atoms with E-state index in [0.29, 0.717) is 43.6 Å². The van der Waals surface area contributed by atoms with Gasteiger partial charge in [-0.2, -0.15) is 0 Å². The molecular formula is C36H38F3N5O4. The lowest BCUT2D eigenvalue weighted by Gasteiger charge is -2.31. The molecule has 0 saturated carbocycles. The molecular weight excluding hydrogens is 623 g/mol. The van der Waals surface area contributed by atoms with Crippen molar-refractivity contribution < 1.29 is 32.2 Å². The summed E-state index contributed by atoms with van der Waals surface area (Å²) in [6, 6.07) is 19.8. The van der Waals surface area contributed by atoms with Gasteiger partial charge in [-0.3, -0.25) is 9.78 Å². The Labute approximate surface area is 277 Å². The van der Waals surface area contributed by atoms with Crippen LogP contribution in [0.25, 0.3) is 0 Å². The minimum Gasteiger partial charge on any atom is -0.447 e. The van der Waals surface area contributed by atoms with E-state index < -0.39 is 47.5 Å². The van der Waals surface area contributed by atoms with Crippen molar-refractivity contribution in [3.8, 4) is 0 Å². The Hall–Kier alpha value is -4.94. The summed E-state index contributed by atoms with van der Waals surface area (Å²) < 4.78 is 54.4. The molecule has 48 heavy (non-hydrogen) atoms. The number of primary amides is 1. The van der Waals surface area contributed by atoms with Gasteiger partial charge in [0.2, 0.25) is 5.91 Å². The fourth-order valence-electron chi connectivity index (χ4n) is 5.76. The number of nitrogens with one attached hydrogen (secondary N) is 3. The Morgan fingerprint density at radius 3 is 2.19 bits per heavy atom. The number of anilines is 1. The predicted molar refractivity (Wildman–Crippen MR) is 175 cm³/mol. The van der Waals surface area contributed by atoms with Crippen molar-refractivity contribution >= 4 is 17.7 Å². The molecule has 4 aromatic rings. The molecule has 1 fully saturated rings. The van der Waals surface area contributed by atoms with Gasteiger partial charge in [0.1, 0.15) is 36.2 Å². The molecule has 1 saturated heterocycles. The number of halogens is 3. The minimum absolute atomic E-state index is 0.0472. The third-order valence-corrected chi connectivity index (χ3v) is 8.19. The van der Waals surface area contributed by atoms with Gasteiger partial charge in [-0.15, -0.1) is 0 Å².